The maximum Gasteiger partial charge on any atom is 0.326 e. The van der Waals surface area contributed by atoms with Crippen LogP contribution in [0.25, 0.3) is 0 Å². The third-order valence-corrected chi connectivity index (χ3v) is 3.20. The molecule has 1 heterocycles. The van der Waals surface area contributed by atoms with E-state index in [4.69, 9.17) is 5.11 Å². The average molecular weight is 271 g/mol. The molecule has 0 bridgehead atoms. The van der Waals surface area contributed by atoms with Crippen molar-refractivity contribution in [2.24, 2.45) is 7.05 Å². The molecule has 1 aromatic rings. The van der Waals surface area contributed by atoms with Gasteiger partial charge in [0.25, 0.3) is 5.91 Å². The van der Waals surface area contributed by atoms with Crippen LogP contribution in [0.2, 0.25) is 0 Å². The summed E-state index contributed by atoms with van der Waals surface area (Å²) in [5.41, 5.74) is 1.08. The fourth-order valence-electron chi connectivity index (χ4n) is 1.40. The molecule has 1 aromatic heterocycles. The zero-order valence-electron chi connectivity index (χ0n) is 10.6. The first-order valence-corrected chi connectivity index (χ1v) is 6.88. The highest BCUT2D eigenvalue weighted by atomic mass is 32.2. The number of aryl methyl sites for hydroxylation is 2. The summed E-state index contributed by atoms with van der Waals surface area (Å²) in [6, 6.07) is 0.760. The highest BCUT2D eigenvalue weighted by Crippen LogP contribution is 2.04. The van der Waals surface area contributed by atoms with Crippen LogP contribution in [0.3, 0.4) is 0 Å². The molecule has 0 saturated heterocycles. The molecule has 0 aliphatic rings. The number of amides is 1. The van der Waals surface area contributed by atoms with Gasteiger partial charge in [0.1, 0.15) is 11.7 Å². The second-order valence-corrected chi connectivity index (χ2v) is 4.93. The van der Waals surface area contributed by atoms with E-state index in [1.165, 1.54) is 0 Å². The number of carboxylic acid groups (broad SMARTS) is 1. The van der Waals surface area contributed by atoms with Gasteiger partial charge in [0, 0.05) is 12.7 Å². The van der Waals surface area contributed by atoms with Gasteiger partial charge in [-0.2, -0.15) is 16.9 Å². The molecule has 18 heavy (non-hydrogen) atoms. The topological polar surface area (TPSA) is 84.2 Å². The number of nitrogens with one attached hydrogen (secondary N) is 1. The van der Waals surface area contributed by atoms with Crippen molar-refractivity contribution < 1.29 is 14.7 Å². The number of hydrogen-bond donors (Lipinski definition) is 2. The Labute approximate surface area is 110 Å². The van der Waals surface area contributed by atoms with E-state index in [1.54, 1.807) is 29.6 Å². The molecule has 0 fully saturated rings. The number of carboxylic acids is 1. The van der Waals surface area contributed by atoms with Crippen LogP contribution in [0.15, 0.2) is 6.07 Å². The first kappa shape index (κ1) is 14.6. The smallest absolute Gasteiger partial charge is 0.326 e. The second-order valence-electron chi connectivity index (χ2n) is 3.94. The van der Waals surface area contributed by atoms with Crippen LogP contribution < -0.4 is 5.32 Å². The van der Waals surface area contributed by atoms with Crippen molar-refractivity contribution in [2.75, 3.05) is 12.0 Å². The molecule has 7 heteroatoms. The lowest BCUT2D eigenvalue weighted by Gasteiger charge is -2.12. The summed E-state index contributed by atoms with van der Waals surface area (Å²) in [4.78, 5) is 22.8. The third-order valence-electron chi connectivity index (χ3n) is 2.56. The Balaban J connectivity index is 2.69. The SMILES string of the molecule is CSCC[C@H](NC(=O)c1cc(C)n(C)n1)C(=O)O. The highest BCUT2D eigenvalue weighted by molar-refractivity contribution is 7.98. The van der Waals surface area contributed by atoms with Crippen molar-refractivity contribution in [3.8, 4) is 0 Å². The van der Waals surface area contributed by atoms with Crippen molar-refractivity contribution in [2.45, 2.75) is 19.4 Å². The zero-order chi connectivity index (χ0) is 13.7. The molecule has 100 valence electrons. The second kappa shape index (κ2) is 6.44. The van der Waals surface area contributed by atoms with Crippen molar-refractivity contribution in [3.63, 3.8) is 0 Å². The molecule has 2 N–H and O–H groups in total. The van der Waals surface area contributed by atoms with E-state index in [1.807, 2.05) is 13.2 Å². The molecular weight excluding hydrogens is 254 g/mol. The van der Waals surface area contributed by atoms with E-state index in [9.17, 15) is 9.59 Å². The van der Waals surface area contributed by atoms with Crippen LogP contribution in [-0.4, -0.2) is 44.8 Å². The van der Waals surface area contributed by atoms with Crippen LogP contribution in [-0.2, 0) is 11.8 Å². The Morgan fingerprint density at radius 2 is 2.28 bits per heavy atom. The molecule has 0 saturated carbocycles. The molecule has 0 radical (unpaired) electrons. The first-order chi connectivity index (χ1) is 8.45. The van der Waals surface area contributed by atoms with Crippen LogP contribution in [0.5, 0.6) is 0 Å². The molecular formula is C11H17N3O3S. The standard InChI is InChI=1S/C11H17N3O3S/c1-7-6-9(13-14(7)2)10(15)12-8(11(16)17)4-5-18-3/h6,8H,4-5H2,1-3H3,(H,12,15)(H,16,17)/t8-/m0/s1. The Morgan fingerprint density at radius 3 is 2.72 bits per heavy atom. The summed E-state index contributed by atoms with van der Waals surface area (Å²) in [7, 11) is 1.73. The van der Waals surface area contributed by atoms with Gasteiger partial charge in [-0.1, -0.05) is 0 Å². The number of aromatic nitrogens is 2. The van der Waals surface area contributed by atoms with E-state index in [0.29, 0.717) is 12.2 Å². The Bertz CT molecular complexity index is 425. The molecule has 0 spiro atoms. The molecule has 0 unspecified atom stereocenters. The molecule has 1 rings (SSSR count). The Kier molecular flexibility index (Phi) is 5.21. The summed E-state index contributed by atoms with van der Waals surface area (Å²) in [5, 5.41) is 15.5. The van der Waals surface area contributed by atoms with Gasteiger partial charge in [-0.05, 0) is 31.4 Å². The minimum absolute atomic E-state index is 0.241. The highest BCUT2D eigenvalue weighted by Gasteiger charge is 2.21. The molecule has 0 aromatic carbocycles. The number of hydrogen-bond acceptors (Lipinski definition) is 4. The van der Waals surface area contributed by atoms with Gasteiger partial charge in [-0.15, -0.1) is 0 Å². The van der Waals surface area contributed by atoms with Crippen LogP contribution in [0.1, 0.15) is 22.6 Å². The van der Waals surface area contributed by atoms with Gasteiger partial charge in [0.15, 0.2) is 0 Å². The quantitative estimate of drug-likeness (QED) is 0.794. The number of aliphatic carboxylic acids is 1. The van der Waals surface area contributed by atoms with Gasteiger partial charge >= 0.3 is 5.97 Å². The lowest BCUT2D eigenvalue weighted by Crippen LogP contribution is -2.41. The maximum absolute atomic E-state index is 11.8. The molecule has 0 aliphatic carbocycles. The minimum atomic E-state index is -1.02. The fourth-order valence-corrected chi connectivity index (χ4v) is 1.87. The van der Waals surface area contributed by atoms with Crippen LogP contribution in [0, 0.1) is 6.92 Å². The van der Waals surface area contributed by atoms with Crippen molar-refractivity contribution in [3.05, 3.63) is 17.5 Å². The predicted molar refractivity (Wildman–Crippen MR) is 69.8 cm³/mol. The zero-order valence-corrected chi connectivity index (χ0v) is 11.5. The van der Waals surface area contributed by atoms with Crippen LogP contribution >= 0.6 is 11.8 Å². The van der Waals surface area contributed by atoms with Crippen LogP contribution in [0.4, 0.5) is 0 Å². The number of rotatable bonds is 6. The van der Waals surface area contributed by atoms with E-state index in [0.717, 1.165) is 5.69 Å². The lowest BCUT2D eigenvalue weighted by molar-refractivity contribution is -0.139. The van der Waals surface area contributed by atoms with Gasteiger partial charge in [0.2, 0.25) is 0 Å². The number of thioether (sulfide) groups is 1. The van der Waals surface area contributed by atoms with Gasteiger partial charge in [0.05, 0.1) is 0 Å². The number of carbonyl (C=O) groups excluding carboxylic acids is 1. The maximum atomic E-state index is 11.8. The summed E-state index contributed by atoms with van der Waals surface area (Å²) in [6.45, 7) is 1.83. The van der Waals surface area contributed by atoms with Gasteiger partial charge in [-0.3, -0.25) is 9.48 Å². The lowest BCUT2D eigenvalue weighted by atomic mass is 10.2. The van der Waals surface area contributed by atoms with E-state index < -0.39 is 17.9 Å². The van der Waals surface area contributed by atoms with E-state index >= 15 is 0 Å². The van der Waals surface area contributed by atoms with Crippen molar-refractivity contribution in [1.82, 2.24) is 15.1 Å². The predicted octanol–water partition coefficient (Wildman–Crippen LogP) is 0.665. The Morgan fingerprint density at radius 1 is 1.61 bits per heavy atom. The summed E-state index contributed by atoms with van der Waals surface area (Å²) in [6.07, 6.45) is 2.29. The third kappa shape index (κ3) is 3.76. The van der Waals surface area contributed by atoms with Gasteiger partial charge in [-0.25, -0.2) is 4.79 Å². The van der Waals surface area contributed by atoms with Crippen molar-refractivity contribution in [1.29, 1.82) is 0 Å². The number of nitrogens with zero attached hydrogens (tertiary/aromatic N) is 2. The van der Waals surface area contributed by atoms with E-state index in [-0.39, 0.29) is 5.69 Å². The largest absolute Gasteiger partial charge is 0.480 e. The van der Waals surface area contributed by atoms with Crippen molar-refractivity contribution >= 4 is 23.6 Å². The van der Waals surface area contributed by atoms with Gasteiger partial charge < -0.3 is 10.4 Å². The first-order valence-electron chi connectivity index (χ1n) is 5.49. The molecule has 1 atom stereocenters. The number of carbonyl (C=O) groups is 2. The minimum Gasteiger partial charge on any atom is -0.480 e. The molecule has 6 nitrogen and oxygen atoms in total. The monoisotopic (exact) mass is 271 g/mol. The average Bonchev–Trinajstić information content (AvgIpc) is 2.64. The summed E-state index contributed by atoms with van der Waals surface area (Å²) in [5.74, 6) is -0.796. The van der Waals surface area contributed by atoms with E-state index in [2.05, 4.69) is 10.4 Å². The molecule has 0 aliphatic heterocycles. The summed E-state index contributed by atoms with van der Waals surface area (Å²) < 4.78 is 1.58. The fraction of sp³-hybridized carbons (Fsp3) is 0.545. The Hall–Kier alpha value is -1.50. The normalized spacial score (nSPS) is 12.2. The molecule has 1 amide bonds. The summed E-state index contributed by atoms with van der Waals surface area (Å²) >= 11 is 1.54.